The molecule has 0 radical (unpaired) electrons. The minimum absolute atomic E-state index is 0. The monoisotopic (exact) mass is 241 g/mol. The summed E-state index contributed by atoms with van der Waals surface area (Å²) in [6, 6.07) is 9.63. The first-order valence-corrected chi connectivity index (χ1v) is 4.87. The lowest BCUT2D eigenvalue weighted by Gasteiger charge is -1.99. The van der Waals surface area contributed by atoms with Gasteiger partial charge in [0.2, 0.25) is 0 Å². The molecule has 0 unspecified atom stereocenters. The average molecular weight is 242 g/mol. The van der Waals surface area contributed by atoms with Crippen molar-refractivity contribution in [3.8, 4) is 0 Å². The third kappa shape index (κ3) is 6.22. The van der Waals surface area contributed by atoms with Crippen molar-refractivity contribution in [2.45, 2.75) is 0 Å². The van der Waals surface area contributed by atoms with Gasteiger partial charge in [-0.05, 0) is 18.7 Å². The molecule has 0 aliphatic carbocycles. The second-order valence-corrected chi connectivity index (χ2v) is 3.02. The zero-order chi connectivity index (χ0) is 10.9. The molecule has 1 rings (SSSR count). The Morgan fingerprint density at radius 2 is 2.06 bits per heavy atom. The van der Waals surface area contributed by atoms with Gasteiger partial charge in [-0.2, -0.15) is 0 Å². The number of benzene rings is 1. The smallest absolute Gasteiger partial charge is 0.330 e. The summed E-state index contributed by atoms with van der Waals surface area (Å²) in [5.41, 5.74) is 0.989. The zero-order valence-corrected chi connectivity index (χ0v) is 10.00. The Labute approximate surface area is 102 Å². The fraction of sp³-hybridized carbons (Fsp3) is 0.250. The minimum atomic E-state index is -0.311. The lowest BCUT2D eigenvalue weighted by atomic mass is 10.2. The van der Waals surface area contributed by atoms with Crippen molar-refractivity contribution in [2.24, 2.45) is 0 Å². The number of rotatable bonds is 5. The van der Waals surface area contributed by atoms with Crippen LogP contribution in [-0.4, -0.2) is 26.2 Å². The zero-order valence-electron chi connectivity index (χ0n) is 9.18. The van der Waals surface area contributed by atoms with Gasteiger partial charge in [0.25, 0.3) is 0 Å². The van der Waals surface area contributed by atoms with Crippen molar-refractivity contribution in [3.05, 3.63) is 42.0 Å². The van der Waals surface area contributed by atoms with Gasteiger partial charge in [-0.3, -0.25) is 0 Å². The summed E-state index contributed by atoms with van der Waals surface area (Å²) in [4.78, 5) is 11.2. The van der Waals surface area contributed by atoms with Gasteiger partial charge in [0, 0.05) is 12.6 Å². The molecule has 1 aromatic carbocycles. The van der Waals surface area contributed by atoms with E-state index in [0.29, 0.717) is 13.2 Å². The second kappa shape index (κ2) is 8.95. The first kappa shape index (κ1) is 14.7. The predicted molar refractivity (Wildman–Crippen MR) is 67.6 cm³/mol. The van der Waals surface area contributed by atoms with Crippen LogP contribution in [0.1, 0.15) is 5.56 Å². The number of carbonyl (C=O) groups is 1. The number of ether oxygens (including phenoxy) is 1. The van der Waals surface area contributed by atoms with Crippen molar-refractivity contribution in [1.29, 1.82) is 0 Å². The number of hydrogen-bond acceptors (Lipinski definition) is 3. The molecule has 0 heterocycles. The second-order valence-electron chi connectivity index (χ2n) is 3.02. The van der Waals surface area contributed by atoms with Crippen molar-refractivity contribution < 1.29 is 9.53 Å². The first-order valence-electron chi connectivity index (χ1n) is 4.87. The van der Waals surface area contributed by atoms with Crippen LogP contribution in [0.5, 0.6) is 0 Å². The maximum absolute atomic E-state index is 11.2. The van der Waals surface area contributed by atoms with Crippen LogP contribution in [0.15, 0.2) is 36.4 Å². The molecular formula is C12H16ClNO2. The Kier molecular flexibility index (Phi) is 8.21. The molecule has 0 fully saturated rings. The summed E-state index contributed by atoms with van der Waals surface area (Å²) in [5.74, 6) is -0.311. The molecule has 0 aliphatic rings. The van der Waals surface area contributed by atoms with E-state index >= 15 is 0 Å². The van der Waals surface area contributed by atoms with Gasteiger partial charge in [-0.1, -0.05) is 30.3 Å². The fourth-order valence-electron chi connectivity index (χ4n) is 1.03. The van der Waals surface area contributed by atoms with Crippen LogP contribution in [0.25, 0.3) is 6.08 Å². The number of esters is 1. The molecule has 0 spiro atoms. The standard InChI is InChI=1S/C12H15NO2.ClH/c1-13-9-10-15-12(14)8-7-11-5-3-2-4-6-11;/h2-8,13H,9-10H2,1H3;1H/b8-7+;. The molecule has 1 aromatic rings. The molecule has 0 bridgehead atoms. The fourth-order valence-corrected chi connectivity index (χ4v) is 1.03. The van der Waals surface area contributed by atoms with Crippen LogP contribution in [0.2, 0.25) is 0 Å². The van der Waals surface area contributed by atoms with E-state index in [4.69, 9.17) is 4.74 Å². The predicted octanol–water partition coefficient (Wildman–Crippen LogP) is 1.88. The van der Waals surface area contributed by atoms with Crippen LogP contribution >= 0.6 is 12.4 Å². The highest BCUT2D eigenvalue weighted by atomic mass is 35.5. The molecule has 0 atom stereocenters. The van der Waals surface area contributed by atoms with Gasteiger partial charge in [0.1, 0.15) is 6.61 Å². The van der Waals surface area contributed by atoms with Crippen LogP contribution in [0, 0.1) is 0 Å². The summed E-state index contributed by atoms with van der Waals surface area (Å²) < 4.78 is 4.92. The normalized spacial score (nSPS) is 9.81. The van der Waals surface area contributed by atoms with E-state index in [1.54, 1.807) is 6.08 Å². The summed E-state index contributed by atoms with van der Waals surface area (Å²) in [6.07, 6.45) is 3.17. The quantitative estimate of drug-likeness (QED) is 0.486. The molecule has 3 nitrogen and oxygen atoms in total. The Morgan fingerprint density at radius 1 is 1.38 bits per heavy atom. The molecule has 0 amide bonds. The van der Waals surface area contributed by atoms with E-state index in [1.807, 2.05) is 37.4 Å². The van der Waals surface area contributed by atoms with Gasteiger partial charge in [-0.25, -0.2) is 4.79 Å². The number of halogens is 1. The third-order valence-electron chi connectivity index (χ3n) is 1.81. The molecule has 16 heavy (non-hydrogen) atoms. The highest BCUT2D eigenvalue weighted by molar-refractivity contribution is 5.87. The molecular weight excluding hydrogens is 226 g/mol. The molecule has 0 saturated heterocycles. The lowest BCUT2D eigenvalue weighted by Crippen LogP contribution is -2.16. The summed E-state index contributed by atoms with van der Waals surface area (Å²) in [7, 11) is 1.81. The highest BCUT2D eigenvalue weighted by Gasteiger charge is 1.94. The lowest BCUT2D eigenvalue weighted by molar-refractivity contribution is -0.137. The number of hydrogen-bond donors (Lipinski definition) is 1. The van der Waals surface area contributed by atoms with Crippen molar-refractivity contribution in [1.82, 2.24) is 5.32 Å². The van der Waals surface area contributed by atoms with Gasteiger partial charge in [-0.15, -0.1) is 12.4 Å². The number of nitrogens with one attached hydrogen (secondary N) is 1. The van der Waals surface area contributed by atoms with E-state index < -0.39 is 0 Å². The summed E-state index contributed by atoms with van der Waals surface area (Å²) in [6.45, 7) is 1.07. The van der Waals surface area contributed by atoms with E-state index in [-0.39, 0.29) is 18.4 Å². The molecule has 4 heteroatoms. The maximum atomic E-state index is 11.2. The van der Waals surface area contributed by atoms with E-state index in [2.05, 4.69) is 5.32 Å². The van der Waals surface area contributed by atoms with E-state index in [0.717, 1.165) is 5.56 Å². The SMILES string of the molecule is CNCCOC(=O)/C=C/c1ccccc1.Cl. The van der Waals surface area contributed by atoms with Gasteiger partial charge in [0.05, 0.1) is 0 Å². The summed E-state index contributed by atoms with van der Waals surface area (Å²) >= 11 is 0. The van der Waals surface area contributed by atoms with E-state index in [9.17, 15) is 4.79 Å². The van der Waals surface area contributed by atoms with Gasteiger partial charge in [0.15, 0.2) is 0 Å². The highest BCUT2D eigenvalue weighted by Crippen LogP contribution is 2.00. The van der Waals surface area contributed by atoms with Crippen LogP contribution < -0.4 is 5.32 Å². The Morgan fingerprint density at radius 3 is 2.69 bits per heavy atom. The van der Waals surface area contributed by atoms with Crippen LogP contribution in [0.4, 0.5) is 0 Å². The van der Waals surface area contributed by atoms with Crippen LogP contribution in [0.3, 0.4) is 0 Å². The van der Waals surface area contributed by atoms with Gasteiger partial charge < -0.3 is 10.1 Å². The van der Waals surface area contributed by atoms with Crippen molar-refractivity contribution in [3.63, 3.8) is 0 Å². The van der Waals surface area contributed by atoms with Crippen LogP contribution in [-0.2, 0) is 9.53 Å². The molecule has 88 valence electrons. The third-order valence-corrected chi connectivity index (χ3v) is 1.81. The minimum Gasteiger partial charge on any atom is -0.461 e. The summed E-state index contributed by atoms with van der Waals surface area (Å²) in [5, 5.41) is 2.90. The van der Waals surface area contributed by atoms with Crippen molar-refractivity contribution >= 4 is 24.5 Å². The molecule has 0 aromatic heterocycles. The largest absolute Gasteiger partial charge is 0.461 e. The Hall–Kier alpha value is -1.32. The molecule has 0 saturated carbocycles. The van der Waals surface area contributed by atoms with E-state index in [1.165, 1.54) is 6.08 Å². The first-order chi connectivity index (χ1) is 7.33. The van der Waals surface area contributed by atoms with Gasteiger partial charge >= 0.3 is 5.97 Å². The number of likely N-dealkylation sites (N-methyl/N-ethyl adjacent to an activating group) is 1. The number of carbonyl (C=O) groups excluding carboxylic acids is 1. The maximum Gasteiger partial charge on any atom is 0.330 e. The Balaban J connectivity index is 0.00000225. The average Bonchev–Trinajstić information content (AvgIpc) is 2.28. The Bertz CT molecular complexity index is 325. The molecule has 1 N–H and O–H groups in total. The molecule has 0 aliphatic heterocycles. The topological polar surface area (TPSA) is 38.3 Å². The van der Waals surface area contributed by atoms with Crippen molar-refractivity contribution in [2.75, 3.05) is 20.2 Å².